The lowest BCUT2D eigenvalue weighted by Crippen LogP contribution is -2.15. The minimum absolute atomic E-state index is 0.132. The van der Waals surface area contributed by atoms with Crippen molar-refractivity contribution in [3.05, 3.63) is 0 Å². The SMILES string of the molecule is CCCCCCCCCCCCCCCC(=O)OCCOCCOCCOCCOCCOCCOCCOCCOCCOCCOCCOCCOCCCCCC. The average molecular weight is 869 g/mol. The van der Waals surface area contributed by atoms with Crippen molar-refractivity contribution in [2.45, 2.75) is 129 Å². The molecule has 0 aromatic heterocycles. The summed E-state index contributed by atoms with van der Waals surface area (Å²) in [4.78, 5) is 11.9. The number of carbonyl (C=O) groups excluding carboxylic acids is 1. The minimum Gasteiger partial charge on any atom is -0.463 e. The summed E-state index contributed by atoms with van der Waals surface area (Å²) in [5.41, 5.74) is 0. The fourth-order valence-electron chi connectivity index (χ4n) is 5.73. The molecule has 360 valence electrons. The van der Waals surface area contributed by atoms with E-state index >= 15 is 0 Å². The molecule has 0 N–H and O–H groups in total. The normalized spacial score (nSPS) is 11.6. The molecule has 0 aromatic rings. The standard InChI is InChI=1S/C46H92O14/c1-3-5-7-9-10-11-12-13-14-15-16-17-18-20-46(47)60-45-44-59-43-42-58-41-40-57-39-38-56-37-36-55-35-34-54-33-32-53-31-30-52-29-28-51-27-26-50-25-24-49-23-22-48-21-19-8-6-4-2/h3-45H2,1-2H3. The molecule has 0 fully saturated rings. The maximum Gasteiger partial charge on any atom is 0.305 e. The zero-order valence-electron chi connectivity index (χ0n) is 38.6. The molecule has 0 atom stereocenters. The van der Waals surface area contributed by atoms with Crippen molar-refractivity contribution < 1.29 is 66.4 Å². The van der Waals surface area contributed by atoms with Gasteiger partial charge in [-0.3, -0.25) is 4.79 Å². The highest BCUT2D eigenvalue weighted by Crippen LogP contribution is 2.13. The van der Waals surface area contributed by atoms with Crippen LogP contribution in [0.15, 0.2) is 0 Å². The largest absolute Gasteiger partial charge is 0.463 e. The third-order valence-corrected chi connectivity index (χ3v) is 9.21. The monoisotopic (exact) mass is 869 g/mol. The average Bonchev–Trinajstić information content (AvgIpc) is 3.25. The zero-order chi connectivity index (χ0) is 43.2. The molecule has 0 aromatic carbocycles. The van der Waals surface area contributed by atoms with Gasteiger partial charge in [-0.1, -0.05) is 110 Å². The van der Waals surface area contributed by atoms with Gasteiger partial charge in [-0.2, -0.15) is 0 Å². The summed E-state index contributed by atoms with van der Waals surface area (Å²) in [6, 6.07) is 0. The Morgan fingerprint density at radius 1 is 0.233 bits per heavy atom. The molecule has 0 unspecified atom stereocenters. The highest BCUT2D eigenvalue weighted by Gasteiger charge is 2.03. The van der Waals surface area contributed by atoms with Gasteiger partial charge >= 0.3 is 5.97 Å². The molecule has 60 heavy (non-hydrogen) atoms. The van der Waals surface area contributed by atoms with Gasteiger partial charge in [0, 0.05) is 13.0 Å². The van der Waals surface area contributed by atoms with Crippen LogP contribution in [0.3, 0.4) is 0 Å². The Hall–Kier alpha value is -1.01. The van der Waals surface area contributed by atoms with E-state index in [2.05, 4.69) is 13.8 Å². The minimum atomic E-state index is -0.132. The Morgan fingerprint density at radius 2 is 0.433 bits per heavy atom. The number of ether oxygens (including phenoxy) is 13. The lowest BCUT2D eigenvalue weighted by molar-refractivity contribution is -0.145. The lowest BCUT2D eigenvalue weighted by atomic mass is 10.0. The summed E-state index contributed by atoms with van der Waals surface area (Å²) in [6.45, 7) is 17.4. The molecule has 0 aliphatic carbocycles. The highest BCUT2D eigenvalue weighted by atomic mass is 16.6. The maximum absolute atomic E-state index is 11.9. The predicted octanol–water partition coefficient (Wildman–Crippen LogP) is 7.79. The fraction of sp³-hybridized carbons (Fsp3) is 0.978. The first-order chi connectivity index (χ1) is 29.8. The predicted molar refractivity (Wildman–Crippen MR) is 235 cm³/mol. The Kier molecular flexibility index (Phi) is 55.1. The van der Waals surface area contributed by atoms with Crippen molar-refractivity contribution >= 4 is 5.97 Å². The van der Waals surface area contributed by atoms with Crippen LogP contribution in [0.1, 0.15) is 129 Å². The van der Waals surface area contributed by atoms with Crippen LogP contribution in [0, 0.1) is 0 Å². The number of carbonyl (C=O) groups is 1. The van der Waals surface area contributed by atoms with Crippen LogP contribution in [0.25, 0.3) is 0 Å². The summed E-state index contributed by atoms with van der Waals surface area (Å²) >= 11 is 0. The van der Waals surface area contributed by atoms with Crippen molar-refractivity contribution in [3.63, 3.8) is 0 Å². The first-order valence-corrected chi connectivity index (χ1v) is 23.9. The molecule has 0 saturated carbocycles. The third kappa shape index (κ3) is 55.0. The van der Waals surface area contributed by atoms with E-state index in [4.69, 9.17) is 61.6 Å². The lowest BCUT2D eigenvalue weighted by Gasteiger charge is -2.09. The number of hydrogen-bond acceptors (Lipinski definition) is 14. The quantitative estimate of drug-likeness (QED) is 0.0435. The molecule has 0 aliphatic heterocycles. The van der Waals surface area contributed by atoms with E-state index in [0.29, 0.717) is 158 Å². The summed E-state index contributed by atoms with van der Waals surface area (Å²) in [5.74, 6) is -0.132. The molecular formula is C46H92O14. The second kappa shape index (κ2) is 56.0. The van der Waals surface area contributed by atoms with Gasteiger partial charge in [0.25, 0.3) is 0 Å². The molecule has 0 rings (SSSR count). The van der Waals surface area contributed by atoms with Crippen LogP contribution in [0.2, 0.25) is 0 Å². The molecule has 14 nitrogen and oxygen atoms in total. The fourth-order valence-corrected chi connectivity index (χ4v) is 5.73. The molecule has 0 saturated heterocycles. The van der Waals surface area contributed by atoms with Gasteiger partial charge < -0.3 is 61.6 Å². The van der Waals surface area contributed by atoms with Gasteiger partial charge in [0.2, 0.25) is 0 Å². The Morgan fingerprint density at radius 3 is 0.700 bits per heavy atom. The topological polar surface area (TPSA) is 137 Å². The number of hydrogen-bond donors (Lipinski definition) is 0. The summed E-state index contributed by atoms with van der Waals surface area (Å²) in [7, 11) is 0. The van der Waals surface area contributed by atoms with E-state index in [0.717, 1.165) is 25.9 Å². The van der Waals surface area contributed by atoms with E-state index in [1.165, 1.54) is 89.9 Å². The molecule has 0 aliphatic rings. The second-order valence-electron chi connectivity index (χ2n) is 14.6. The Balaban J connectivity index is 3.11. The molecule has 0 bridgehead atoms. The molecule has 0 spiro atoms. The Labute approximate surface area is 366 Å². The van der Waals surface area contributed by atoms with Gasteiger partial charge in [0.05, 0.1) is 152 Å². The van der Waals surface area contributed by atoms with Gasteiger partial charge in [0.1, 0.15) is 6.61 Å². The van der Waals surface area contributed by atoms with Crippen molar-refractivity contribution in [1.82, 2.24) is 0 Å². The van der Waals surface area contributed by atoms with E-state index < -0.39 is 0 Å². The third-order valence-electron chi connectivity index (χ3n) is 9.21. The van der Waals surface area contributed by atoms with E-state index in [1.54, 1.807) is 0 Å². The number of esters is 1. The second-order valence-corrected chi connectivity index (χ2v) is 14.6. The van der Waals surface area contributed by atoms with Crippen molar-refractivity contribution in [2.24, 2.45) is 0 Å². The number of rotatable bonds is 55. The van der Waals surface area contributed by atoms with Crippen LogP contribution >= 0.6 is 0 Å². The van der Waals surface area contributed by atoms with Crippen LogP contribution in [0.5, 0.6) is 0 Å². The van der Waals surface area contributed by atoms with E-state index in [9.17, 15) is 4.79 Å². The zero-order valence-corrected chi connectivity index (χ0v) is 38.6. The molecule has 0 heterocycles. The molecular weight excluding hydrogens is 776 g/mol. The van der Waals surface area contributed by atoms with Gasteiger partial charge in [0.15, 0.2) is 0 Å². The first kappa shape index (κ1) is 59.0. The summed E-state index contributed by atoms with van der Waals surface area (Å²) in [6.07, 6.45) is 22.2. The first-order valence-electron chi connectivity index (χ1n) is 23.9. The van der Waals surface area contributed by atoms with Gasteiger partial charge in [-0.15, -0.1) is 0 Å². The van der Waals surface area contributed by atoms with Crippen LogP contribution in [0.4, 0.5) is 0 Å². The Bertz CT molecular complexity index is 781. The van der Waals surface area contributed by atoms with Crippen LogP contribution in [-0.2, 0) is 66.4 Å². The van der Waals surface area contributed by atoms with E-state index in [-0.39, 0.29) is 12.6 Å². The number of unbranched alkanes of at least 4 members (excludes halogenated alkanes) is 15. The smallest absolute Gasteiger partial charge is 0.305 e. The van der Waals surface area contributed by atoms with Gasteiger partial charge in [-0.05, 0) is 12.8 Å². The van der Waals surface area contributed by atoms with Gasteiger partial charge in [-0.25, -0.2) is 0 Å². The van der Waals surface area contributed by atoms with E-state index in [1.807, 2.05) is 0 Å². The molecule has 0 radical (unpaired) electrons. The summed E-state index contributed by atoms with van der Waals surface area (Å²) < 4.78 is 71.3. The molecule has 0 amide bonds. The van der Waals surface area contributed by atoms with Crippen molar-refractivity contribution in [2.75, 3.05) is 165 Å². The summed E-state index contributed by atoms with van der Waals surface area (Å²) in [5, 5.41) is 0. The maximum atomic E-state index is 11.9. The van der Waals surface area contributed by atoms with Crippen molar-refractivity contribution in [3.8, 4) is 0 Å². The van der Waals surface area contributed by atoms with Crippen molar-refractivity contribution in [1.29, 1.82) is 0 Å². The van der Waals surface area contributed by atoms with Crippen LogP contribution < -0.4 is 0 Å². The highest BCUT2D eigenvalue weighted by molar-refractivity contribution is 5.69. The van der Waals surface area contributed by atoms with Crippen LogP contribution in [-0.4, -0.2) is 171 Å². The molecule has 14 heteroatoms.